The Hall–Kier alpha value is 2.56. The molecule has 0 fully saturated rings. The van der Waals surface area contributed by atoms with Crippen molar-refractivity contribution >= 4 is 49.4 Å². The van der Waals surface area contributed by atoms with Gasteiger partial charge in [0, 0.05) is 0 Å². The molecule has 0 N–H and O–H groups in total. The Labute approximate surface area is 278 Å². The standard InChI is InChI=1S/3C9H24NSi2.Ce/c3*1-9(2,3)12(7,8)10-11(4,5)6;/h3*1-8H3;/q3*-1;+3. The Balaban J connectivity index is -0.000000218. The van der Waals surface area contributed by atoms with E-state index in [1.807, 2.05) is 0 Å². The molecule has 0 aromatic carbocycles. The molecule has 0 rings (SSSR count). The molecular weight excluding hydrogens is 675 g/mol. The quantitative estimate of drug-likeness (QED) is 0.243. The predicted octanol–water partition coefficient (Wildman–Crippen LogP) is 12.6. The van der Waals surface area contributed by atoms with E-state index in [9.17, 15) is 0 Å². The molecule has 0 spiro atoms. The van der Waals surface area contributed by atoms with Gasteiger partial charge in [-0.1, -0.05) is 225 Å². The van der Waals surface area contributed by atoms with E-state index in [0.717, 1.165) is 0 Å². The summed E-state index contributed by atoms with van der Waals surface area (Å²) in [5, 5.41) is 1.23. The molecule has 0 aliphatic rings. The summed E-state index contributed by atoms with van der Waals surface area (Å²) in [5.41, 5.74) is 0. The zero-order valence-corrected chi connectivity index (χ0v) is 39.5. The number of rotatable bonds is 6. The third-order valence-electron chi connectivity index (χ3n) is 7.35. The molecule has 37 heavy (non-hydrogen) atoms. The fourth-order valence-corrected chi connectivity index (χ4v) is 27.2. The van der Waals surface area contributed by atoms with Gasteiger partial charge in [-0.25, -0.2) is 0 Å². The van der Waals surface area contributed by atoms with Crippen LogP contribution in [0.4, 0.5) is 0 Å². The Morgan fingerprint density at radius 3 is 0.432 bits per heavy atom. The van der Waals surface area contributed by atoms with Crippen LogP contribution in [0.15, 0.2) is 0 Å². The van der Waals surface area contributed by atoms with Gasteiger partial charge in [0.05, 0.1) is 0 Å². The van der Waals surface area contributed by atoms with E-state index in [4.69, 9.17) is 13.9 Å². The van der Waals surface area contributed by atoms with Gasteiger partial charge in [0.2, 0.25) is 0 Å². The molecule has 0 unspecified atom stereocenters. The van der Waals surface area contributed by atoms with Gasteiger partial charge in [-0.15, -0.1) is 0 Å². The second-order valence-electron chi connectivity index (χ2n) is 18.3. The van der Waals surface area contributed by atoms with Gasteiger partial charge in [-0.3, -0.25) is 0 Å². The van der Waals surface area contributed by atoms with Crippen LogP contribution in [0.3, 0.4) is 0 Å². The first kappa shape index (κ1) is 46.5. The summed E-state index contributed by atoms with van der Waals surface area (Å²) in [6.07, 6.45) is 0. The van der Waals surface area contributed by atoms with Crippen LogP contribution in [0.5, 0.6) is 0 Å². The summed E-state index contributed by atoms with van der Waals surface area (Å²) in [4.78, 5) is 0. The van der Waals surface area contributed by atoms with E-state index in [0.29, 0.717) is 15.1 Å². The van der Waals surface area contributed by atoms with Crippen molar-refractivity contribution in [3.8, 4) is 0 Å². The van der Waals surface area contributed by atoms with Gasteiger partial charge >= 0.3 is 41.7 Å². The summed E-state index contributed by atoms with van der Waals surface area (Å²) in [6.45, 7) is 56.1. The topological polar surface area (TPSA) is 42.3 Å². The van der Waals surface area contributed by atoms with Crippen molar-refractivity contribution in [2.45, 2.75) is 176 Å². The van der Waals surface area contributed by atoms with Crippen LogP contribution in [0, 0.1) is 41.7 Å². The van der Waals surface area contributed by atoms with Gasteiger partial charge in [-0.05, 0) is 0 Å². The minimum atomic E-state index is -1.35. The molecule has 0 aromatic rings. The summed E-state index contributed by atoms with van der Waals surface area (Å²) >= 11 is 0. The minimum absolute atomic E-state index is 0. The SMILES string of the molecule is CC(C)(C)[Si](C)(C)[N-][Si](C)(C)C.CC(C)(C)[Si](C)(C)[N-][Si](C)(C)C.CC(C)(C)[Si](C)(C)[N-][Si](C)(C)C.[Ce+3]. The van der Waals surface area contributed by atoms with Crippen molar-refractivity contribution in [1.82, 2.24) is 0 Å². The molecule has 0 bridgehead atoms. The zero-order valence-electron chi connectivity index (χ0n) is 30.3. The van der Waals surface area contributed by atoms with Gasteiger partial charge in [0.25, 0.3) is 0 Å². The zero-order chi connectivity index (χ0) is 30.6. The van der Waals surface area contributed by atoms with Crippen molar-refractivity contribution in [2.75, 3.05) is 0 Å². The van der Waals surface area contributed by atoms with Crippen LogP contribution in [-0.4, -0.2) is 49.4 Å². The number of hydrogen-bond donors (Lipinski definition) is 0. The van der Waals surface area contributed by atoms with Crippen molar-refractivity contribution < 1.29 is 41.7 Å². The van der Waals surface area contributed by atoms with Crippen molar-refractivity contribution in [2.24, 2.45) is 0 Å². The molecule has 0 amide bonds. The van der Waals surface area contributed by atoms with Crippen LogP contribution >= 0.6 is 0 Å². The van der Waals surface area contributed by atoms with E-state index in [1.54, 1.807) is 0 Å². The first-order chi connectivity index (χ1) is 14.9. The Morgan fingerprint density at radius 1 is 0.297 bits per heavy atom. The molecule has 0 aliphatic heterocycles. The van der Waals surface area contributed by atoms with Gasteiger partial charge in [0.1, 0.15) is 0 Å². The van der Waals surface area contributed by atoms with Crippen LogP contribution in [0.1, 0.15) is 62.3 Å². The first-order valence-electron chi connectivity index (χ1n) is 14.1. The number of hydrogen-bond acceptors (Lipinski definition) is 0. The molecule has 0 aliphatic carbocycles. The van der Waals surface area contributed by atoms with Crippen molar-refractivity contribution in [3.05, 3.63) is 13.9 Å². The fraction of sp³-hybridized carbons (Fsp3) is 1.00. The molecule has 0 saturated carbocycles. The van der Waals surface area contributed by atoms with E-state index in [2.05, 4.69) is 161 Å². The predicted molar refractivity (Wildman–Crippen MR) is 192 cm³/mol. The summed E-state index contributed by atoms with van der Waals surface area (Å²) in [7, 11) is -7.71. The summed E-state index contributed by atoms with van der Waals surface area (Å²) < 4.78 is 15.3. The van der Waals surface area contributed by atoms with E-state index >= 15 is 0 Å². The largest absolute Gasteiger partial charge is 3.00 e. The number of nitrogens with zero attached hydrogens (tertiary/aromatic N) is 3. The summed E-state index contributed by atoms with van der Waals surface area (Å²) in [5.74, 6) is 0. The first-order valence-corrected chi connectivity index (χ1v) is 33.3. The Bertz CT molecular complexity index is 550. The molecular formula is C27H72CeN3Si6. The smallest absolute Gasteiger partial charge is 0.667 e. The molecule has 223 valence electrons. The van der Waals surface area contributed by atoms with Crippen molar-refractivity contribution in [1.29, 1.82) is 0 Å². The van der Waals surface area contributed by atoms with Gasteiger partial charge in [0.15, 0.2) is 0 Å². The normalized spacial score (nSPS) is 14.6. The average molecular weight is 748 g/mol. The minimum Gasteiger partial charge on any atom is -0.667 e. The van der Waals surface area contributed by atoms with E-state index < -0.39 is 49.4 Å². The molecule has 3 nitrogen and oxygen atoms in total. The third-order valence-corrected chi connectivity index (χ3v) is 33.1. The monoisotopic (exact) mass is 746 g/mol. The maximum atomic E-state index is 5.09. The van der Waals surface area contributed by atoms with E-state index in [-0.39, 0.29) is 41.7 Å². The maximum Gasteiger partial charge on any atom is 3.00 e. The van der Waals surface area contributed by atoms with Gasteiger partial charge < -0.3 is 13.9 Å². The molecule has 0 aromatic heterocycles. The second-order valence-corrected chi connectivity index (χ2v) is 47.8. The molecule has 10 heteroatoms. The molecule has 1 radical (unpaired) electrons. The Morgan fingerprint density at radius 2 is 0.405 bits per heavy atom. The summed E-state index contributed by atoms with van der Waals surface area (Å²) in [6, 6.07) is 0. The maximum absolute atomic E-state index is 5.09. The van der Waals surface area contributed by atoms with E-state index in [1.165, 1.54) is 0 Å². The second kappa shape index (κ2) is 15.3. The third kappa shape index (κ3) is 22.8. The Kier molecular flexibility index (Phi) is 19.3. The molecule has 0 heterocycles. The van der Waals surface area contributed by atoms with Crippen molar-refractivity contribution in [3.63, 3.8) is 0 Å². The molecule has 0 atom stereocenters. The van der Waals surface area contributed by atoms with Crippen LogP contribution in [-0.2, 0) is 0 Å². The fourth-order valence-electron chi connectivity index (χ4n) is 3.02. The van der Waals surface area contributed by atoms with Crippen LogP contribution < -0.4 is 0 Å². The van der Waals surface area contributed by atoms with Crippen LogP contribution in [0.25, 0.3) is 13.9 Å². The van der Waals surface area contributed by atoms with Gasteiger partial charge in [-0.2, -0.15) is 0 Å². The molecule has 0 saturated heterocycles. The average Bonchev–Trinajstić information content (AvgIpc) is 2.36. The van der Waals surface area contributed by atoms with Crippen LogP contribution in [0.2, 0.25) is 113 Å².